The Kier molecular flexibility index (Phi) is 6.05. The molecule has 0 amide bonds. The predicted octanol–water partition coefficient (Wildman–Crippen LogP) is 5.13. The van der Waals surface area contributed by atoms with Gasteiger partial charge in [0.2, 0.25) is 11.7 Å². The normalized spacial score (nSPS) is 11.8. The van der Waals surface area contributed by atoms with Gasteiger partial charge in [0, 0.05) is 23.7 Å². The number of rotatable bonds is 5. The molecule has 2 heterocycles. The van der Waals surface area contributed by atoms with Gasteiger partial charge in [-0.15, -0.1) is 0 Å². The van der Waals surface area contributed by atoms with Crippen LogP contribution < -0.4 is 4.18 Å². The van der Waals surface area contributed by atoms with Crippen LogP contribution in [0.25, 0.3) is 10.9 Å². The maximum absolute atomic E-state index is 13.9. The maximum Gasteiger partial charge on any atom is 0.340 e. The van der Waals surface area contributed by atoms with Crippen LogP contribution in [-0.2, 0) is 17.2 Å². The van der Waals surface area contributed by atoms with Gasteiger partial charge >= 0.3 is 10.1 Å². The van der Waals surface area contributed by atoms with Crippen molar-refractivity contribution in [2.75, 3.05) is 0 Å². The molecule has 2 aromatic carbocycles. The number of carbonyl (C=O) groups is 1. The van der Waals surface area contributed by atoms with Crippen LogP contribution in [0.2, 0.25) is 0 Å². The topological polar surface area (TPSA) is 91.2 Å². The number of aryl methyl sites for hydroxylation is 7. The standard InChI is InChI=1S/C27H29N3O4S/c1-14-9-11-21(12-10-14)35(32,33)34-27-24(20(7)29-30(27)8)26(31)22-13-15(2)23-17(4)16(3)19(6)28-25(23)18(22)5/h9-13H,1-8H3. The second-order valence-electron chi connectivity index (χ2n) is 9.11. The van der Waals surface area contributed by atoms with E-state index in [0.29, 0.717) is 11.3 Å². The lowest BCUT2D eigenvalue weighted by atomic mass is 9.91. The highest BCUT2D eigenvalue weighted by atomic mass is 32.2. The first kappa shape index (κ1) is 24.6. The molecule has 0 atom stereocenters. The van der Waals surface area contributed by atoms with Crippen molar-refractivity contribution in [3.63, 3.8) is 0 Å². The fraction of sp³-hybridized carbons (Fsp3) is 0.296. The molecule has 0 saturated carbocycles. The Hall–Kier alpha value is -3.52. The summed E-state index contributed by atoms with van der Waals surface area (Å²) in [7, 11) is -2.62. The van der Waals surface area contributed by atoms with Crippen LogP contribution in [0, 0.1) is 48.5 Å². The molecule has 0 aliphatic rings. The first-order valence-electron chi connectivity index (χ1n) is 11.3. The molecule has 0 radical (unpaired) electrons. The van der Waals surface area contributed by atoms with E-state index in [-0.39, 0.29) is 22.1 Å². The summed E-state index contributed by atoms with van der Waals surface area (Å²) in [6.45, 7) is 13.4. The van der Waals surface area contributed by atoms with Crippen molar-refractivity contribution in [1.82, 2.24) is 14.8 Å². The summed E-state index contributed by atoms with van der Waals surface area (Å²) < 4.78 is 32.8. The Morgan fingerprint density at radius 2 is 1.51 bits per heavy atom. The van der Waals surface area contributed by atoms with Crippen molar-refractivity contribution in [3.05, 3.63) is 80.7 Å². The lowest BCUT2D eigenvalue weighted by Gasteiger charge is -2.16. The van der Waals surface area contributed by atoms with E-state index in [0.717, 1.165) is 44.4 Å². The van der Waals surface area contributed by atoms with E-state index in [1.807, 2.05) is 40.7 Å². The number of ketones is 1. The van der Waals surface area contributed by atoms with Crippen LogP contribution in [-0.4, -0.2) is 29.0 Å². The highest BCUT2D eigenvalue weighted by molar-refractivity contribution is 7.87. The molecule has 0 N–H and O–H groups in total. The van der Waals surface area contributed by atoms with Gasteiger partial charge in [0.25, 0.3) is 0 Å². The molecule has 2 aromatic heterocycles. The van der Waals surface area contributed by atoms with E-state index in [1.54, 1.807) is 26.1 Å². The van der Waals surface area contributed by atoms with Gasteiger partial charge in [0.15, 0.2) is 0 Å². The zero-order valence-corrected chi connectivity index (χ0v) is 22.1. The average Bonchev–Trinajstić information content (AvgIpc) is 3.06. The van der Waals surface area contributed by atoms with Crippen LogP contribution >= 0.6 is 0 Å². The first-order valence-corrected chi connectivity index (χ1v) is 12.7. The van der Waals surface area contributed by atoms with Crippen LogP contribution in [0.4, 0.5) is 0 Å². The Balaban J connectivity index is 1.87. The third-order valence-electron chi connectivity index (χ3n) is 6.65. The van der Waals surface area contributed by atoms with Crippen molar-refractivity contribution in [3.8, 4) is 5.88 Å². The molecule has 35 heavy (non-hydrogen) atoms. The van der Waals surface area contributed by atoms with E-state index >= 15 is 0 Å². The molecule has 0 fully saturated rings. The minimum atomic E-state index is -4.17. The lowest BCUT2D eigenvalue weighted by molar-refractivity contribution is 0.103. The molecule has 0 saturated heterocycles. The summed E-state index contributed by atoms with van der Waals surface area (Å²) >= 11 is 0. The van der Waals surface area contributed by atoms with Crippen molar-refractivity contribution >= 4 is 26.8 Å². The number of hydrogen-bond donors (Lipinski definition) is 0. The zero-order valence-electron chi connectivity index (χ0n) is 21.3. The largest absolute Gasteiger partial charge is 0.358 e. The minimum absolute atomic E-state index is 0.00334. The molecule has 182 valence electrons. The van der Waals surface area contributed by atoms with Gasteiger partial charge in [-0.2, -0.15) is 13.5 Å². The third kappa shape index (κ3) is 4.12. The number of hydrogen-bond acceptors (Lipinski definition) is 6. The van der Waals surface area contributed by atoms with Crippen LogP contribution in [0.3, 0.4) is 0 Å². The number of fused-ring (bicyclic) bond motifs is 1. The van der Waals surface area contributed by atoms with E-state index in [4.69, 9.17) is 9.17 Å². The second kappa shape index (κ2) is 8.61. The van der Waals surface area contributed by atoms with Gasteiger partial charge in [0.1, 0.15) is 10.5 Å². The van der Waals surface area contributed by atoms with Crippen molar-refractivity contribution in [1.29, 1.82) is 0 Å². The Labute approximate surface area is 205 Å². The molecular formula is C27H29N3O4S. The molecule has 0 unspecified atom stereocenters. The second-order valence-corrected chi connectivity index (χ2v) is 10.7. The van der Waals surface area contributed by atoms with E-state index in [2.05, 4.69) is 12.0 Å². The van der Waals surface area contributed by atoms with E-state index in [1.165, 1.54) is 16.8 Å². The van der Waals surface area contributed by atoms with Crippen molar-refractivity contribution < 1.29 is 17.4 Å². The zero-order chi connectivity index (χ0) is 25.8. The summed E-state index contributed by atoms with van der Waals surface area (Å²) in [5, 5.41) is 5.33. The highest BCUT2D eigenvalue weighted by Crippen LogP contribution is 2.33. The van der Waals surface area contributed by atoms with Gasteiger partial charge in [-0.05, 0) is 88.9 Å². The number of aromatic nitrogens is 3. The van der Waals surface area contributed by atoms with Gasteiger partial charge in [-0.1, -0.05) is 17.7 Å². The highest BCUT2D eigenvalue weighted by Gasteiger charge is 2.29. The molecule has 0 aliphatic carbocycles. The van der Waals surface area contributed by atoms with Crippen molar-refractivity contribution in [2.24, 2.45) is 7.05 Å². The minimum Gasteiger partial charge on any atom is -0.358 e. The molecule has 0 aliphatic heterocycles. The maximum atomic E-state index is 13.9. The Bertz CT molecular complexity index is 1620. The van der Waals surface area contributed by atoms with E-state index < -0.39 is 10.1 Å². The quantitative estimate of drug-likeness (QED) is 0.284. The number of nitrogens with zero attached hydrogens (tertiary/aromatic N) is 3. The molecule has 7 nitrogen and oxygen atoms in total. The third-order valence-corrected chi connectivity index (χ3v) is 7.88. The van der Waals surface area contributed by atoms with Crippen molar-refractivity contribution in [2.45, 2.75) is 53.4 Å². The van der Waals surface area contributed by atoms with Gasteiger partial charge < -0.3 is 4.18 Å². The molecule has 8 heteroatoms. The lowest BCUT2D eigenvalue weighted by Crippen LogP contribution is -2.15. The Morgan fingerprint density at radius 3 is 2.14 bits per heavy atom. The fourth-order valence-corrected chi connectivity index (χ4v) is 5.41. The summed E-state index contributed by atoms with van der Waals surface area (Å²) in [5.41, 5.74) is 7.47. The smallest absolute Gasteiger partial charge is 0.340 e. The average molecular weight is 492 g/mol. The number of carbonyl (C=O) groups excluding carboxylic acids is 1. The number of pyridine rings is 1. The predicted molar refractivity (Wildman–Crippen MR) is 136 cm³/mol. The van der Waals surface area contributed by atoms with Gasteiger partial charge in [-0.25, -0.2) is 4.68 Å². The molecule has 4 aromatic rings. The van der Waals surface area contributed by atoms with Gasteiger partial charge in [-0.3, -0.25) is 9.78 Å². The summed E-state index contributed by atoms with van der Waals surface area (Å²) in [6, 6.07) is 8.18. The fourth-order valence-electron chi connectivity index (χ4n) is 4.44. The summed E-state index contributed by atoms with van der Waals surface area (Å²) in [6.07, 6.45) is 0. The van der Waals surface area contributed by atoms with Crippen LogP contribution in [0.15, 0.2) is 35.2 Å². The molecule has 0 bridgehead atoms. The summed E-state index contributed by atoms with van der Waals surface area (Å²) in [5.74, 6) is -0.473. The van der Waals surface area contributed by atoms with Gasteiger partial charge in [0.05, 0.1) is 11.2 Å². The first-order chi connectivity index (χ1) is 16.3. The van der Waals surface area contributed by atoms with E-state index in [9.17, 15) is 13.2 Å². The molecule has 4 rings (SSSR count). The SMILES string of the molecule is Cc1ccc(S(=O)(=O)Oc2c(C(=O)c3cc(C)c4c(C)c(C)c(C)nc4c3C)c(C)nn2C)cc1. The van der Waals surface area contributed by atoms with Crippen LogP contribution in [0.5, 0.6) is 5.88 Å². The molecule has 0 spiro atoms. The molecular weight excluding hydrogens is 462 g/mol. The number of benzene rings is 2. The Morgan fingerprint density at radius 1 is 0.886 bits per heavy atom. The van der Waals surface area contributed by atoms with Crippen LogP contribution in [0.1, 0.15) is 55.1 Å². The summed E-state index contributed by atoms with van der Waals surface area (Å²) in [4.78, 5) is 18.7. The monoisotopic (exact) mass is 491 g/mol.